The normalized spacial score (nSPS) is 18.1. The van der Waals surface area contributed by atoms with Gasteiger partial charge in [0.1, 0.15) is 0 Å². The molecule has 1 aromatic carbocycles. The van der Waals surface area contributed by atoms with E-state index in [-0.39, 0.29) is 6.04 Å². The highest BCUT2D eigenvalue weighted by Crippen LogP contribution is 2.24. The van der Waals surface area contributed by atoms with E-state index in [1.165, 1.54) is 43.6 Å². The van der Waals surface area contributed by atoms with Gasteiger partial charge in [-0.05, 0) is 49.3 Å². The van der Waals surface area contributed by atoms with Crippen LogP contribution in [0.1, 0.15) is 51.1 Å². The third-order valence-corrected chi connectivity index (χ3v) is 3.77. The zero-order chi connectivity index (χ0) is 13.0. The van der Waals surface area contributed by atoms with E-state index >= 15 is 0 Å². The van der Waals surface area contributed by atoms with E-state index in [0.29, 0.717) is 5.92 Å². The molecule has 18 heavy (non-hydrogen) atoms. The average Bonchev–Trinajstić information content (AvgIpc) is 2.39. The van der Waals surface area contributed by atoms with Gasteiger partial charge in [-0.15, -0.1) is 0 Å². The molecule has 0 unspecified atom stereocenters. The maximum Gasteiger partial charge on any atom is 0.0366 e. The summed E-state index contributed by atoms with van der Waals surface area (Å²) in [6.07, 6.45) is 5.10. The van der Waals surface area contributed by atoms with Gasteiger partial charge in [0.2, 0.25) is 0 Å². The van der Waals surface area contributed by atoms with Crippen LogP contribution in [0, 0.1) is 5.92 Å². The number of hydrogen-bond acceptors (Lipinski definition) is 2. The Morgan fingerprint density at radius 2 is 1.67 bits per heavy atom. The van der Waals surface area contributed by atoms with Crippen molar-refractivity contribution in [1.29, 1.82) is 0 Å². The minimum Gasteiger partial charge on any atom is -0.372 e. The van der Waals surface area contributed by atoms with E-state index in [4.69, 9.17) is 5.73 Å². The van der Waals surface area contributed by atoms with Crippen LogP contribution in [-0.4, -0.2) is 13.1 Å². The highest BCUT2D eigenvalue weighted by molar-refractivity contribution is 5.48. The van der Waals surface area contributed by atoms with E-state index in [1.807, 2.05) is 0 Å². The average molecular weight is 246 g/mol. The first-order chi connectivity index (χ1) is 8.66. The first-order valence-electron chi connectivity index (χ1n) is 7.27. The number of rotatable bonds is 4. The SMILES string of the molecule is CC(C)C[C@H](N)c1ccc(N2CCCCC2)cc1. The quantitative estimate of drug-likeness (QED) is 0.877. The van der Waals surface area contributed by atoms with Crippen LogP contribution in [-0.2, 0) is 0 Å². The molecule has 2 nitrogen and oxygen atoms in total. The van der Waals surface area contributed by atoms with Gasteiger partial charge in [0, 0.05) is 24.8 Å². The lowest BCUT2D eigenvalue weighted by molar-refractivity contribution is 0.510. The third kappa shape index (κ3) is 3.49. The summed E-state index contributed by atoms with van der Waals surface area (Å²) in [7, 11) is 0. The number of anilines is 1. The summed E-state index contributed by atoms with van der Waals surface area (Å²) in [5, 5.41) is 0. The summed E-state index contributed by atoms with van der Waals surface area (Å²) in [6, 6.07) is 9.07. The molecule has 0 spiro atoms. The first kappa shape index (κ1) is 13.4. The summed E-state index contributed by atoms with van der Waals surface area (Å²) < 4.78 is 0. The number of benzene rings is 1. The molecule has 1 fully saturated rings. The lowest BCUT2D eigenvalue weighted by Gasteiger charge is -2.29. The monoisotopic (exact) mass is 246 g/mol. The molecule has 100 valence electrons. The molecule has 1 aliphatic rings. The van der Waals surface area contributed by atoms with E-state index in [9.17, 15) is 0 Å². The molecule has 1 aromatic rings. The van der Waals surface area contributed by atoms with Crippen LogP contribution >= 0.6 is 0 Å². The molecule has 1 aliphatic heterocycles. The molecule has 0 bridgehead atoms. The Labute approximate surface area is 111 Å². The second-order valence-electron chi connectivity index (χ2n) is 5.88. The van der Waals surface area contributed by atoms with Crippen LogP contribution in [0.15, 0.2) is 24.3 Å². The highest BCUT2D eigenvalue weighted by Gasteiger charge is 2.12. The van der Waals surface area contributed by atoms with Crippen molar-refractivity contribution in [2.75, 3.05) is 18.0 Å². The largest absolute Gasteiger partial charge is 0.372 e. The standard InChI is InChI=1S/C16H26N2/c1-13(2)12-16(17)14-6-8-15(9-7-14)18-10-4-3-5-11-18/h6-9,13,16H,3-5,10-12,17H2,1-2H3/t16-/m0/s1. The number of hydrogen-bond donors (Lipinski definition) is 1. The van der Waals surface area contributed by atoms with E-state index < -0.39 is 0 Å². The number of piperidine rings is 1. The van der Waals surface area contributed by atoms with Crippen molar-refractivity contribution in [3.05, 3.63) is 29.8 Å². The lowest BCUT2D eigenvalue weighted by atomic mass is 9.97. The Balaban J connectivity index is 2.00. The predicted molar refractivity (Wildman–Crippen MR) is 78.9 cm³/mol. The molecule has 0 aliphatic carbocycles. The van der Waals surface area contributed by atoms with Gasteiger partial charge in [-0.3, -0.25) is 0 Å². The Bertz CT molecular complexity index is 350. The van der Waals surface area contributed by atoms with Gasteiger partial charge in [-0.1, -0.05) is 26.0 Å². The summed E-state index contributed by atoms with van der Waals surface area (Å²) in [5.41, 5.74) is 8.84. The van der Waals surface area contributed by atoms with E-state index in [0.717, 1.165) is 6.42 Å². The van der Waals surface area contributed by atoms with Crippen LogP contribution in [0.3, 0.4) is 0 Å². The van der Waals surface area contributed by atoms with Crippen molar-refractivity contribution < 1.29 is 0 Å². The second-order valence-corrected chi connectivity index (χ2v) is 5.88. The van der Waals surface area contributed by atoms with Crippen molar-refractivity contribution in [2.45, 2.75) is 45.6 Å². The fourth-order valence-electron chi connectivity index (χ4n) is 2.73. The van der Waals surface area contributed by atoms with E-state index in [2.05, 4.69) is 43.0 Å². The van der Waals surface area contributed by atoms with Crippen LogP contribution < -0.4 is 10.6 Å². The smallest absolute Gasteiger partial charge is 0.0366 e. The fourth-order valence-corrected chi connectivity index (χ4v) is 2.73. The van der Waals surface area contributed by atoms with Crippen LogP contribution in [0.2, 0.25) is 0 Å². The molecule has 0 aromatic heterocycles. The molecule has 0 amide bonds. The van der Waals surface area contributed by atoms with Gasteiger partial charge >= 0.3 is 0 Å². The summed E-state index contributed by atoms with van der Waals surface area (Å²) in [4.78, 5) is 2.49. The molecule has 1 saturated heterocycles. The second kappa shape index (κ2) is 6.24. The Morgan fingerprint density at radius 1 is 1.06 bits per heavy atom. The van der Waals surface area contributed by atoms with Gasteiger partial charge in [0.15, 0.2) is 0 Å². The Kier molecular flexibility index (Phi) is 4.65. The lowest BCUT2D eigenvalue weighted by Crippen LogP contribution is -2.29. The van der Waals surface area contributed by atoms with Crippen molar-refractivity contribution in [1.82, 2.24) is 0 Å². The highest BCUT2D eigenvalue weighted by atomic mass is 15.1. The fraction of sp³-hybridized carbons (Fsp3) is 0.625. The minimum absolute atomic E-state index is 0.181. The predicted octanol–water partition coefficient (Wildman–Crippen LogP) is 3.72. The molecular weight excluding hydrogens is 220 g/mol. The summed E-state index contributed by atoms with van der Waals surface area (Å²) in [6.45, 7) is 6.86. The van der Waals surface area contributed by atoms with Gasteiger partial charge in [0.05, 0.1) is 0 Å². The van der Waals surface area contributed by atoms with Gasteiger partial charge < -0.3 is 10.6 Å². The summed E-state index contributed by atoms with van der Waals surface area (Å²) >= 11 is 0. The molecular formula is C16H26N2. The van der Waals surface area contributed by atoms with Crippen molar-refractivity contribution in [3.63, 3.8) is 0 Å². The van der Waals surface area contributed by atoms with Gasteiger partial charge in [-0.2, -0.15) is 0 Å². The molecule has 1 atom stereocenters. The number of nitrogens with two attached hydrogens (primary N) is 1. The Morgan fingerprint density at radius 3 is 2.22 bits per heavy atom. The zero-order valence-electron chi connectivity index (χ0n) is 11.7. The summed E-state index contributed by atoms with van der Waals surface area (Å²) in [5.74, 6) is 0.654. The molecule has 1 heterocycles. The minimum atomic E-state index is 0.181. The van der Waals surface area contributed by atoms with Crippen molar-refractivity contribution in [2.24, 2.45) is 11.7 Å². The van der Waals surface area contributed by atoms with Crippen molar-refractivity contribution >= 4 is 5.69 Å². The molecule has 0 radical (unpaired) electrons. The molecule has 2 N–H and O–H groups in total. The van der Waals surface area contributed by atoms with Gasteiger partial charge in [0.25, 0.3) is 0 Å². The first-order valence-corrected chi connectivity index (χ1v) is 7.27. The maximum atomic E-state index is 6.21. The van der Waals surface area contributed by atoms with Crippen molar-refractivity contribution in [3.8, 4) is 0 Å². The molecule has 0 saturated carbocycles. The topological polar surface area (TPSA) is 29.3 Å². The zero-order valence-corrected chi connectivity index (χ0v) is 11.7. The van der Waals surface area contributed by atoms with Crippen LogP contribution in [0.5, 0.6) is 0 Å². The Hall–Kier alpha value is -1.02. The van der Waals surface area contributed by atoms with E-state index in [1.54, 1.807) is 0 Å². The maximum absolute atomic E-state index is 6.21. The third-order valence-electron chi connectivity index (χ3n) is 3.77. The number of nitrogens with zero attached hydrogens (tertiary/aromatic N) is 1. The molecule has 2 heteroatoms. The molecule has 2 rings (SSSR count). The van der Waals surface area contributed by atoms with Gasteiger partial charge in [-0.25, -0.2) is 0 Å². The van der Waals surface area contributed by atoms with Crippen LogP contribution in [0.25, 0.3) is 0 Å². The van der Waals surface area contributed by atoms with Crippen LogP contribution in [0.4, 0.5) is 5.69 Å².